The van der Waals surface area contributed by atoms with Gasteiger partial charge in [-0.3, -0.25) is 19.7 Å². The first-order valence-corrected chi connectivity index (χ1v) is 11.5. The smallest absolute Gasteiger partial charge is 0.303 e. The van der Waals surface area contributed by atoms with Crippen LogP contribution in [0, 0.1) is 0 Å². The maximum atomic E-state index is 11.9. The highest BCUT2D eigenvalue weighted by atomic mass is 32.2. The second-order valence-corrected chi connectivity index (χ2v) is 8.53. The molecule has 2 N–H and O–H groups in total. The van der Waals surface area contributed by atoms with E-state index in [4.69, 9.17) is 9.84 Å². The summed E-state index contributed by atoms with van der Waals surface area (Å²) in [6, 6.07) is 11.7. The normalized spacial score (nSPS) is 14.9. The molecule has 6 nitrogen and oxygen atoms in total. The van der Waals surface area contributed by atoms with Crippen LogP contribution < -0.4 is 10.1 Å². The molecule has 0 unspecified atom stereocenters. The van der Waals surface area contributed by atoms with Crippen LogP contribution in [-0.2, 0) is 9.59 Å². The van der Waals surface area contributed by atoms with Crippen molar-refractivity contribution < 1.29 is 24.2 Å². The lowest BCUT2D eigenvalue weighted by atomic mass is 10.0. The Kier molecular flexibility index (Phi) is 8.53. The van der Waals surface area contributed by atoms with Gasteiger partial charge in [0.1, 0.15) is 5.75 Å². The van der Waals surface area contributed by atoms with E-state index in [0.29, 0.717) is 11.5 Å². The van der Waals surface area contributed by atoms with Crippen LogP contribution in [0.1, 0.15) is 56.9 Å². The van der Waals surface area contributed by atoms with Crippen LogP contribution in [0.3, 0.4) is 0 Å². The van der Waals surface area contributed by atoms with E-state index in [1.807, 2.05) is 36.4 Å². The van der Waals surface area contributed by atoms with Crippen molar-refractivity contribution >= 4 is 45.7 Å². The Labute approximate surface area is 186 Å². The average molecular weight is 442 g/mol. The first-order chi connectivity index (χ1) is 15.0. The minimum absolute atomic E-state index is 0.266. The number of carboxylic acids is 1. The lowest BCUT2D eigenvalue weighted by Gasteiger charge is -2.11. The third-order valence-electron chi connectivity index (χ3n) is 5.14. The maximum Gasteiger partial charge on any atom is 0.303 e. The fourth-order valence-electron chi connectivity index (χ4n) is 3.55. The van der Waals surface area contributed by atoms with Crippen molar-refractivity contribution in [1.29, 1.82) is 0 Å². The number of benzene rings is 2. The summed E-state index contributed by atoms with van der Waals surface area (Å²) >= 11 is 0.914. The molecular formula is C24H27NO5S. The van der Waals surface area contributed by atoms with Gasteiger partial charge in [0.05, 0.1) is 11.5 Å². The minimum atomic E-state index is -0.715. The van der Waals surface area contributed by atoms with Crippen molar-refractivity contribution in [1.82, 2.24) is 5.32 Å². The van der Waals surface area contributed by atoms with E-state index in [9.17, 15) is 14.4 Å². The van der Waals surface area contributed by atoms with Crippen LogP contribution in [-0.4, -0.2) is 28.8 Å². The Hall–Kier alpha value is -2.80. The first-order valence-electron chi connectivity index (χ1n) is 10.7. The summed E-state index contributed by atoms with van der Waals surface area (Å²) in [4.78, 5) is 34.1. The van der Waals surface area contributed by atoms with Gasteiger partial charge < -0.3 is 9.84 Å². The van der Waals surface area contributed by atoms with Crippen LogP contribution in [0.4, 0.5) is 4.79 Å². The van der Waals surface area contributed by atoms with Crippen LogP contribution in [0.2, 0.25) is 0 Å². The molecule has 0 bridgehead atoms. The fourth-order valence-corrected chi connectivity index (χ4v) is 4.23. The lowest BCUT2D eigenvalue weighted by molar-refractivity contribution is -0.137. The Morgan fingerprint density at radius 2 is 1.61 bits per heavy atom. The number of aliphatic carboxylic acids is 1. The van der Waals surface area contributed by atoms with Crippen LogP contribution >= 0.6 is 11.8 Å². The molecule has 1 heterocycles. The van der Waals surface area contributed by atoms with Gasteiger partial charge in [-0.1, -0.05) is 62.4 Å². The highest BCUT2D eigenvalue weighted by molar-refractivity contribution is 8.18. The zero-order valence-corrected chi connectivity index (χ0v) is 18.2. The molecule has 3 rings (SSSR count). The number of nitrogens with one attached hydrogen (secondary N) is 1. The number of hydrogen-bond donors (Lipinski definition) is 2. The van der Waals surface area contributed by atoms with Gasteiger partial charge in [-0.15, -0.1) is 0 Å². The standard InChI is InChI=1S/C24H27NO5S/c26-22(27)12-6-4-2-1-3-5-9-15-30-20-14-13-17(18-10-7-8-11-19(18)20)16-21-23(28)25-24(29)31-21/h7-8,10-11,13-14,16H,1-6,9,12,15H2,(H,26,27)(H,25,28,29)/b21-16-. The molecule has 31 heavy (non-hydrogen) atoms. The monoisotopic (exact) mass is 441 g/mol. The number of rotatable bonds is 12. The molecule has 1 fully saturated rings. The number of carbonyl (C=O) groups is 3. The van der Waals surface area contributed by atoms with Gasteiger partial charge in [0, 0.05) is 11.8 Å². The van der Waals surface area contributed by atoms with E-state index in [0.717, 1.165) is 78.8 Å². The van der Waals surface area contributed by atoms with E-state index >= 15 is 0 Å². The fraction of sp³-hybridized carbons (Fsp3) is 0.375. The van der Waals surface area contributed by atoms with Crippen molar-refractivity contribution in [3.8, 4) is 5.75 Å². The topological polar surface area (TPSA) is 92.7 Å². The molecule has 1 saturated heterocycles. The van der Waals surface area contributed by atoms with Gasteiger partial charge in [0.2, 0.25) is 0 Å². The molecule has 164 valence electrons. The number of carbonyl (C=O) groups excluding carboxylic acids is 2. The summed E-state index contributed by atoms with van der Waals surface area (Å²) in [6.07, 6.45) is 9.13. The number of carboxylic acid groups (broad SMARTS) is 1. The maximum absolute atomic E-state index is 11.9. The van der Waals surface area contributed by atoms with Gasteiger partial charge in [0.15, 0.2) is 0 Å². The molecule has 2 aromatic rings. The second-order valence-electron chi connectivity index (χ2n) is 7.52. The predicted octanol–water partition coefficient (Wildman–Crippen LogP) is 5.75. The molecule has 7 heteroatoms. The van der Waals surface area contributed by atoms with Gasteiger partial charge in [0.25, 0.3) is 11.1 Å². The molecule has 0 aliphatic carbocycles. The van der Waals surface area contributed by atoms with Crippen LogP contribution in [0.15, 0.2) is 41.3 Å². The van der Waals surface area contributed by atoms with E-state index in [1.54, 1.807) is 6.08 Å². The summed E-state index contributed by atoms with van der Waals surface area (Å²) in [5.41, 5.74) is 0.873. The van der Waals surface area contributed by atoms with Crippen molar-refractivity contribution in [2.24, 2.45) is 0 Å². The molecule has 0 atom stereocenters. The highest BCUT2D eigenvalue weighted by Gasteiger charge is 2.25. The number of hydrogen-bond acceptors (Lipinski definition) is 5. The molecule has 0 saturated carbocycles. The van der Waals surface area contributed by atoms with Gasteiger partial charge in [-0.05, 0) is 47.7 Å². The Morgan fingerprint density at radius 1 is 0.935 bits per heavy atom. The quantitative estimate of drug-likeness (QED) is 0.322. The summed E-state index contributed by atoms with van der Waals surface area (Å²) in [6.45, 7) is 0.635. The lowest BCUT2D eigenvalue weighted by Crippen LogP contribution is -2.17. The molecule has 1 aliphatic rings. The highest BCUT2D eigenvalue weighted by Crippen LogP contribution is 2.32. The van der Waals surface area contributed by atoms with Crippen LogP contribution in [0.5, 0.6) is 5.75 Å². The zero-order valence-electron chi connectivity index (χ0n) is 17.4. The van der Waals surface area contributed by atoms with Crippen LogP contribution in [0.25, 0.3) is 16.8 Å². The van der Waals surface area contributed by atoms with Crippen molar-refractivity contribution in [2.45, 2.75) is 51.4 Å². The van der Waals surface area contributed by atoms with Gasteiger partial charge in [-0.2, -0.15) is 0 Å². The summed E-state index contributed by atoms with van der Waals surface area (Å²) in [5.74, 6) is -0.264. The van der Waals surface area contributed by atoms with Gasteiger partial charge >= 0.3 is 5.97 Å². The largest absolute Gasteiger partial charge is 0.493 e. The van der Waals surface area contributed by atoms with Crippen molar-refractivity contribution in [3.63, 3.8) is 0 Å². The van der Waals surface area contributed by atoms with E-state index in [-0.39, 0.29) is 17.6 Å². The Bertz CT molecular complexity index is 985. The van der Waals surface area contributed by atoms with Crippen molar-refractivity contribution in [3.05, 3.63) is 46.9 Å². The minimum Gasteiger partial charge on any atom is -0.493 e. The van der Waals surface area contributed by atoms with E-state index in [1.165, 1.54) is 0 Å². The predicted molar refractivity (Wildman–Crippen MR) is 123 cm³/mol. The van der Waals surface area contributed by atoms with Crippen molar-refractivity contribution in [2.75, 3.05) is 6.61 Å². The third kappa shape index (κ3) is 6.85. The summed E-state index contributed by atoms with van der Waals surface area (Å²) in [7, 11) is 0. The molecule has 0 spiro atoms. The SMILES string of the molecule is O=C(O)CCCCCCCCCOc1ccc(/C=C2\SC(=O)NC2=O)c2ccccc12. The van der Waals surface area contributed by atoms with Gasteiger partial charge in [-0.25, -0.2) is 0 Å². The zero-order chi connectivity index (χ0) is 22.1. The first kappa shape index (κ1) is 22.9. The third-order valence-corrected chi connectivity index (χ3v) is 5.95. The number of thioether (sulfide) groups is 1. The summed E-state index contributed by atoms with van der Waals surface area (Å²) in [5, 5.41) is 12.5. The molecule has 2 amide bonds. The molecular weight excluding hydrogens is 414 g/mol. The Morgan fingerprint density at radius 3 is 2.29 bits per heavy atom. The molecule has 0 aromatic heterocycles. The Balaban J connectivity index is 1.50. The second kappa shape index (κ2) is 11.6. The molecule has 0 radical (unpaired) electrons. The number of amides is 2. The number of fused-ring (bicyclic) bond motifs is 1. The number of ether oxygens (including phenoxy) is 1. The average Bonchev–Trinajstić information content (AvgIpc) is 3.07. The molecule has 2 aromatic carbocycles. The number of imide groups is 1. The van der Waals surface area contributed by atoms with E-state index < -0.39 is 5.97 Å². The number of unbranched alkanes of at least 4 members (excludes halogenated alkanes) is 6. The molecule has 1 aliphatic heterocycles. The van der Waals surface area contributed by atoms with E-state index in [2.05, 4.69) is 5.32 Å². The summed E-state index contributed by atoms with van der Waals surface area (Å²) < 4.78 is 6.03.